The van der Waals surface area contributed by atoms with Gasteiger partial charge in [0.15, 0.2) is 0 Å². The Morgan fingerprint density at radius 2 is 2.12 bits per heavy atom. The van der Waals surface area contributed by atoms with Crippen molar-refractivity contribution in [2.24, 2.45) is 11.8 Å². The van der Waals surface area contributed by atoms with Crippen LogP contribution < -0.4 is 4.74 Å². The summed E-state index contributed by atoms with van der Waals surface area (Å²) in [5, 5.41) is 0. The molecule has 1 aliphatic carbocycles. The Labute approximate surface area is 148 Å². The average Bonchev–Trinajstić information content (AvgIpc) is 3.10. The maximum absolute atomic E-state index is 13.0. The highest BCUT2D eigenvalue weighted by Crippen LogP contribution is 2.36. The SMILES string of the molecule is O=C(C1CCOCC1)N1CCO[C@@H]2C[C@@H](COc3ccccn3)C[C@@H]21. The van der Waals surface area contributed by atoms with Crippen molar-refractivity contribution in [3.8, 4) is 5.88 Å². The number of rotatable bonds is 4. The van der Waals surface area contributed by atoms with Gasteiger partial charge in [0.05, 0.1) is 25.4 Å². The third kappa shape index (κ3) is 3.80. The second-order valence-corrected chi connectivity index (χ2v) is 7.21. The molecule has 0 aromatic carbocycles. The number of aromatic nitrogens is 1. The number of nitrogens with zero attached hydrogens (tertiary/aromatic N) is 2. The van der Waals surface area contributed by atoms with Crippen LogP contribution in [0.5, 0.6) is 5.88 Å². The molecule has 0 bridgehead atoms. The van der Waals surface area contributed by atoms with Crippen molar-refractivity contribution in [1.29, 1.82) is 0 Å². The Hall–Kier alpha value is -1.66. The molecule has 3 atom stereocenters. The van der Waals surface area contributed by atoms with Gasteiger partial charge in [0.1, 0.15) is 0 Å². The largest absolute Gasteiger partial charge is 0.477 e. The molecule has 1 aromatic heterocycles. The molecule has 4 rings (SSSR count). The maximum atomic E-state index is 13.0. The smallest absolute Gasteiger partial charge is 0.226 e. The molecule has 0 N–H and O–H groups in total. The summed E-state index contributed by atoms with van der Waals surface area (Å²) in [6.07, 6.45) is 5.48. The molecule has 2 aliphatic heterocycles. The van der Waals surface area contributed by atoms with E-state index < -0.39 is 0 Å². The van der Waals surface area contributed by atoms with Gasteiger partial charge in [-0.1, -0.05) is 6.07 Å². The van der Waals surface area contributed by atoms with Gasteiger partial charge in [0, 0.05) is 37.9 Å². The Kier molecular flexibility index (Phi) is 5.17. The van der Waals surface area contributed by atoms with Gasteiger partial charge in [-0.2, -0.15) is 0 Å². The normalized spacial score (nSPS) is 30.1. The van der Waals surface area contributed by atoms with Crippen LogP contribution in [0, 0.1) is 11.8 Å². The maximum Gasteiger partial charge on any atom is 0.226 e. The first-order valence-electron chi connectivity index (χ1n) is 9.35. The van der Waals surface area contributed by atoms with E-state index in [4.69, 9.17) is 14.2 Å². The van der Waals surface area contributed by atoms with Crippen LogP contribution in [-0.2, 0) is 14.3 Å². The molecule has 1 amide bonds. The van der Waals surface area contributed by atoms with Gasteiger partial charge in [-0.25, -0.2) is 4.98 Å². The Bertz CT molecular complexity index is 576. The average molecular weight is 346 g/mol. The van der Waals surface area contributed by atoms with Crippen molar-refractivity contribution in [1.82, 2.24) is 9.88 Å². The summed E-state index contributed by atoms with van der Waals surface area (Å²) in [5.74, 6) is 1.48. The van der Waals surface area contributed by atoms with Gasteiger partial charge >= 0.3 is 0 Å². The van der Waals surface area contributed by atoms with Crippen LogP contribution >= 0.6 is 0 Å². The van der Waals surface area contributed by atoms with Gasteiger partial charge in [-0.3, -0.25) is 4.79 Å². The number of ether oxygens (including phenoxy) is 3. The van der Waals surface area contributed by atoms with E-state index in [2.05, 4.69) is 9.88 Å². The highest BCUT2D eigenvalue weighted by atomic mass is 16.5. The molecule has 0 unspecified atom stereocenters. The van der Waals surface area contributed by atoms with Gasteiger partial charge in [0.25, 0.3) is 0 Å². The predicted octanol–water partition coefficient (Wildman–Crippen LogP) is 1.89. The molecule has 6 nitrogen and oxygen atoms in total. The van der Waals surface area contributed by atoms with E-state index in [1.165, 1.54) is 0 Å². The first-order chi connectivity index (χ1) is 12.3. The summed E-state index contributed by atoms with van der Waals surface area (Å²) in [4.78, 5) is 19.2. The molecule has 1 aromatic rings. The standard InChI is InChI=1S/C19H26N2O4/c22-19(15-4-8-23-9-5-15)21-7-10-24-17-12-14(11-16(17)21)13-25-18-3-1-2-6-20-18/h1-3,6,14-17H,4-5,7-13H2/t14-,16-,17+/m0/s1. The fourth-order valence-electron chi connectivity index (χ4n) is 4.27. The van der Waals surface area contributed by atoms with Crippen molar-refractivity contribution in [3.05, 3.63) is 24.4 Å². The van der Waals surface area contributed by atoms with Crippen LogP contribution in [0.4, 0.5) is 0 Å². The second-order valence-electron chi connectivity index (χ2n) is 7.21. The number of hydrogen-bond donors (Lipinski definition) is 0. The number of amides is 1. The highest BCUT2D eigenvalue weighted by Gasteiger charge is 2.44. The minimum atomic E-state index is 0.122. The summed E-state index contributed by atoms with van der Waals surface area (Å²) in [6, 6.07) is 5.87. The highest BCUT2D eigenvalue weighted by molar-refractivity contribution is 5.79. The number of carbonyl (C=O) groups is 1. The summed E-state index contributed by atoms with van der Waals surface area (Å²) < 4.78 is 17.2. The molecule has 1 saturated carbocycles. The van der Waals surface area contributed by atoms with Crippen molar-refractivity contribution < 1.29 is 19.0 Å². The van der Waals surface area contributed by atoms with Crippen LogP contribution in [0.25, 0.3) is 0 Å². The molecule has 136 valence electrons. The van der Waals surface area contributed by atoms with E-state index in [9.17, 15) is 4.79 Å². The molecule has 0 spiro atoms. The second kappa shape index (κ2) is 7.70. The minimum Gasteiger partial charge on any atom is -0.477 e. The number of fused-ring (bicyclic) bond motifs is 1. The Morgan fingerprint density at radius 1 is 1.24 bits per heavy atom. The van der Waals surface area contributed by atoms with Crippen molar-refractivity contribution >= 4 is 5.91 Å². The quantitative estimate of drug-likeness (QED) is 0.833. The minimum absolute atomic E-state index is 0.122. The summed E-state index contributed by atoms with van der Waals surface area (Å²) in [6.45, 7) is 3.40. The summed E-state index contributed by atoms with van der Waals surface area (Å²) in [7, 11) is 0. The molecule has 3 aliphatic rings. The van der Waals surface area contributed by atoms with E-state index in [-0.39, 0.29) is 18.1 Å². The van der Waals surface area contributed by atoms with Crippen LogP contribution in [0.2, 0.25) is 0 Å². The number of pyridine rings is 1. The van der Waals surface area contributed by atoms with Crippen LogP contribution in [0.15, 0.2) is 24.4 Å². The van der Waals surface area contributed by atoms with Crippen LogP contribution in [-0.4, -0.2) is 60.9 Å². The van der Waals surface area contributed by atoms with Crippen molar-refractivity contribution in [2.75, 3.05) is 33.0 Å². The van der Waals surface area contributed by atoms with Gasteiger partial charge in [-0.05, 0) is 37.7 Å². The fourth-order valence-corrected chi connectivity index (χ4v) is 4.27. The van der Waals surface area contributed by atoms with E-state index in [1.54, 1.807) is 6.20 Å². The first kappa shape index (κ1) is 16.8. The lowest BCUT2D eigenvalue weighted by molar-refractivity contribution is -0.151. The van der Waals surface area contributed by atoms with Gasteiger partial charge < -0.3 is 19.1 Å². The topological polar surface area (TPSA) is 60.9 Å². The molecular formula is C19H26N2O4. The molecule has 3 fully saturated rings. The van der Waals surface area contributed by atoms with E-state index in [1.807, 2.05) is 18.2 Å². The van der Waals surface area contributed by atoms with Crippen molar-refractivity contribution in [3.63, 3.8) is 0 Å². The summed E-state index contributed by atoms with van der Waals surface area (Å²) >= 11 is 0. The number of carbonyl (C=O) groups excluding carboxylic acids is 1. The zero-order chi connectivity index (χ0) is 17.1. The molecule has 3 heterocycles. The first-order valence-corrected chi connectivity index (χ1v) is 9.35. The van der Waals surface area contributed by atoms with Gasteiger partial charge in [0.2, 0.25) is 11.8 Å². The molecule has 2 saturated heterocycles. The molecular weight excluding hydrogens is 320 g/mol. The number of hydrogen-bond acceptors (Lipinski definition) is 5. The van der Waals surface area contributed by atoms with Crippen LogP contribution in [0.1, 0.15) is 25.7 Å². The molecule has 0 radical (unpaired) electrons. The van der Waals surface area contributed by atoms with Crippen molar-refractivity contribution in [2.45, 2.75) is 37.8 Å². The lowest BCUT2D eigenvalue weighted by atomic mass is 9.96. The Balaban J connectivity index is 1.35. The molecule has 25 heavy (non-hydrogen) atoms. The zero-order valence-electron chi connectivity index (χ0n) is 14.5. The zero-order valence-corrected chi connectivity index (χ0v) is 14.5. The van der Waals surface area contributed by atoms with E-state index >= 15 is 0 Å². The lowest BCUT2D eigenvalue weighted by Crippen LogP contribution is -2.53. The van der Waals surface area contributed by atoms with E-state index in [0.29, 0.717) is 50.7 Å². The van der Waals surface area contributed by atoms with Crippen LogP contribution in [0.3, 0.4) is 0 Å². The summed E-state index contributed by atoms with van der Waals surface area (Å²) in [5.41, 5.74) is 0. The third-order valence-electron chi connectivity index (χ3n) is 5.59. The monoisotopic (exact) mass is 346 g/mol. The fraction of sp³-hybridized carbons (Fsp3) is 0.684. The number of morpholine rings is 1. The van der Waals surface area contributed by atoms with Gasteiger partial charge in [-0.15, -0.1) is 0 Å². The Morgan fingerprint density at radius 3 is 2.92 bits per heavy atom. The third-order valence-corrected chi connectivity index (χ3v) is 5.59. The lowest BCUT2D eigenvalue weighted by Gasteiger charge is -2.40. The predicted molar refractivity (Wildman–Crippen MR) is 91.2 cm³/mol. The molecule has 6 heteroatoms. The van der Waals surface area contributed by atoms with E-state index in [0.717, 1.165) is 25.7 Å².